The summed E-state index contributed by atoms with van der Waals surface area (Å²) in [7, 11) is 0. The fourth-order valence-electron chi connectivity index (χ4n) is 4.51. The third-order valence-electron chi connectivity index (χ3n) is 6.58. The van der Waals surface area contributed by atoms with Crippen molar-refractivity contribution >= 4 is 22.9 Å². The van der Waals surface area contributed by atoms with Crippen LogP contribution in [-0.4, -0.2) is 12.5 Å². The highest BCUT2D eigenvalue weighted by Gasteiger charge is 2.21. The molecule has 4 nitrogen and oxygen atoms in total. The van der Waals surface area contributed by atoms with Crippen molar-refractivity contribution in [3.63, 3.8) is 0 Å². The van der Waals surface area contributed by atoms with Crippen LogP contribution in [0, 0.1) is 6.92 Å². The molecule has 0 atom stereocenters. The van der Waals surface area contributed by atoms with Crippen LogP contribution in [0.25, 0.3) is 0 Å². The first-order valence-electron chi connectivity index (χ1n) is 13.9. The molecule has 0 aliphatic carbocycles. The Morgan fingerprint density at radius 2 is 1.70 bits per heavy atom. The molecule has 1 N–H and O–H groups in total. The van der Waals surface area contributed by atoms with Crippen molar-refractivity contribution in [3.8, 4) is 5.75 Å². The van der Waals surface area contributed by atoms with E-state index in [9.17, 15) is 4.79 Å². The van der Waals surface area contributed by atoms with E-state index in [0.717, 1.165) is 35.5 Å². The van der Waals surface area contributed by atoms with Crippen molar-refractivity contribution in [2.24, 2.45) is 0 Å². The smallest absolute Gasteiger partial charge is 0.255 e. The number of anilines is 1. The van der Waals surface area contributed by atoms with Crippen LogP contribution in [0.4, 0.5) is 5.69 Å². The van der Waals surface area contributed by atoms with Gasteiger partial charge >= 0.3 is 0 Å². The van der Waals surface area contributed by atoms with Gasteiger partial charge in [-0.3, -0.25) is 4.79 Å². The number of carbonyl (C=O) groups excluding carboxylic acids is 1. The number of hydrogen-bond donors (Lipinski definition) is 1. The van der Waals surface area contributed by atoms with Gasteiger partial charge in [0.15, 0.2) is 12.7 Å². The number of carbonyl (C=O) groups is 1. The molecule has 1 amide bonds. The zero-order chi connectivity index (χ0) is 26.7. The zero-order valence-electron chi connectivity index (χ0n) is 23.4. The Morgan fingerprint density at radius 3 is 2.38 bits per heavy atom. The van der Waals surface area contributed by atoms with Crippen LogP contribution in [0.15, 0.2) is 54.2 Å². The number of hydrogen-bond acceptors (Lipinski definition) is 3. The summed E-state index contributed by atoms with van der Waals surface area (Å²) in [6.45, 7) is 12.4. The predicted molar refractivity (Wildman–Crippen MR) is 156 cm³/mol. The number of aromatic nitrogens is 1. The third kappa shape index (κ3) is 9.62. The van der Waals surface area contributed by atoms with Crippen LogP contribution in [-0.2, 0) is 12.0 Å². The van der Waals surface area contributed by atoms with Crippen molar-refractivity contribution in [1.29, 1.82) is 0 Å². The van der Waals surface area contributed by atoms with Gasteiger partial charge in [-0.1, -0.05) is 102 Å². The van der Waals surface area contributed by atoms with E-state index in [-0.39, 0.29) is 11.3 Å². The normalized spacial score (nSPS) is 11.5. The first-order chi connectivity index (χ1) is 17.8. The number of nitrogens with one attached hydrogen (secondary N) is 1. The average molecular weight is 522 g/mol. The molecule has 37 heavy (non-hydrogen) atoms. The van der Waals surface area contributed by atoms with E-state index in [4.69, 9.17) is 4.74 Å². The molecule has 2 aromatic carbocycles. The molecule has 1 aromatic heterocycles. The van der Waals surface area contributed by atoms with E-state index in [2.05, 4.69) is 62.3 Å². The third-order valence-corrected chi connectivity index (χ3v) is 7.43. The monoisotopic (exact) mass is 521 g/mol. The van der Waals surface area contributed by atoms with Crippen LogP contribution >= 0.6 is 11.3 Å². The van der Waals surface area contributed by atoms with E-state index in [1.54, 1.807) is 11.3 Å². The minimum Gasteiger partial charge on any atom is -0.493 e. The van der Waals surface area contributed by atoms with Gasteiger partial charge in [0.25, 0.3) is 5.91 Å². The van der Waals surface area contributed by atoms with Crippen LogP contribution in [0.1, 0.15) is 105 Å². The Bertz CT molecular complexity index is 1130. The highest BCUT2D eigenvalue weighted by Crippen LogP contribution is 2.32. The predicted octanol–water partition coefficient (Wildman–Crippen LogP) is 8.46. The minimum atomic E-state index is -0.117. The van der Waals surface area contributed by atoms with Gasteiger partial charge in [-0.15, -0.1) is 0 Å². The van der Waals surface area contributed by atoms with Crippen molar-refractivity contribution in [1.82, 2.24) is 0 Å². The minimum absolute atomic E-state index is 0.0599. The fourth-order valence-corrected chi connectivity index (χ4v) is 5.14. The SMILES string of the molecule is CCCCCCCCCCOc1cc(C(=O)Nc2cccc(C[n+]3csc(C)c3)c2)ccc1C(C)(C)C. The maximum atomic E-state index is 13.2. The maximum absolute atomic E-state index is 13.2. The highest BCUT2D eigenvalue weighted by atomic mass is 32.1. The largest absolute Gasteiger partial charge is 0.493 e. The molecular weight excluding hydrogens is 476 g/mol. The highest BCUT2D eigenvalue weighted by molar-refractivity contribution is 7.09. The molecule has 0 bridgehead atoms. The van der Waals surface area contributed by atoms with Crippen molar-refractivity contribution < 1.29 is 14.1 Å². The summed E-state index contributed by atoms with van der Waals surface area (Å²) in [5.74, 6) is 0.703. The quantitative estimate of drug-likeness (QED) is 0.171. The number of thiazole rings is 1. The van der Waals surface area contributed by atoms with E-state index in [0.29, 0.717) is 12.2 Å². The molecule has 0 aliphatic heterocycles. The number of aryl methyl sites for hydroxylation is 1. The first-order valence-corrected chi connectivity index (χ1v) is 14.8. The summed E-state index contributed by atoms with van der Waals surface area (Å²) >= 11 is 1.73. The summed E-state index contributed by atoms with van der Waals surface area (Å²) < 4.78 is 8.42. The zero-order valence-corrected chi connectivity index (χ0v) is 24.3. The molecule has 0 unspecified atom stereocenters. The molecule has 0 saturated carbocycles. The lowest BCUT2D eigenvalue weighted by Crippen LogP contribution is -2.30. The maximum Gasteiger partial charge on any atom is 0.255 e. The Kier molecular flexibility index (Phi) is 11.2. The van der Waals surface area contributed by atoms with Crippen molar-refractivity contribution in [2.75, 3.05) is 11.9 Å². The molecule has 0 radical (unpaired) electrons. The molecular formula is C32H45N2O2S+. The van der Waals surface area contributed by atoms with Crippen molar-refractivity contribution in [2.45, 2.75) is 97.9 Å². The summed E-state index contributed by atoms with van der Waals surface area (Å²) in [6, 6.07) is 13.9. The molecule has 0 saturated heterocycles. The Morgan fingerprint density at radius 1 is 0.973 bits per heavy atom. The molecule has 0 aliphatic rings. The van der Waals surface area contributed by atoms with Gasteiger partial charge in [-0.2, -0.15) is 4.57 Å². The fraction of sp³-hybridized carbons (Fsp3) is 0.500. The van der Waals surface area contributed by atoms with Crippen LogP contribution in [0.5, 0.6) is 5.75 Å². The topological polar surface area (TPSA) is 42.2 Å². The molecule has 3 aromatic rings. The Balaban J connectivity index is 1.60. The van der Waals surface area contributed by atoms with E-state index in [1.165, 1.54) is 49.8 Å². The number of ether oxygens (including phenoxy) is 1. The number of nitrogens with zero attached hydrogens (tertiary/aromatic N) is 1. The number of benzene rings is 2. The second-order valence-corrected chi connectivity index (χ2v) is 12.2. The summed E-state index contributed by atoms with van der Waals surface area (Å²) in [4.78, 5) is 14.4. The van der Waals surface area contributed by atoms with Crippen LogP contribution in [0.3, 0.4) is 0 Å². The molecule has 0 spiro atoms. The molecule has 200 valence electrons. The van der Waals surface area contributed by atoms with Gasteiger partial charge in [0, 0.05) is 16.8 Å². The van der Waals surface area contributed by atoms with E-state index in [1.807, 2.05) is 36.4 Å². The van der Waals surface area contributed by atoms with Gasteiger partial charge in [0.05, 0.1) is 11.5 Å². The molecule has 1 heterocycles. The van der Waals surface area contributed by atoms with Gasteiger partial charge in [0.2, 0.25) is 5.51 Å². The number of unbranched alkanes of at least 4 members (excludes halogenated alkanes) is 7. The van der Waals surface area contributed by atoms with Gasteiger partial charge < -0.3 is 10.1 Å². The number of amides is 1. The standard InChI is InChI=1S/C32H44N2O2S/c1-6-7-8-9-10-11-12-13-19-36-30-21-27(17-18-29(30)32(3,4)5)31(35)33-28-16-14-15-26(20-28)23-34-22-25(2)37-24-34/h14-18,20-22,24H,6-13,19,23H2,1-5H3/p+1. The lowest BCUT2D eigenvalue weighted by Gasteiger charge is -2.23. The molecule has 5 heteroatoms. The lowest BCUT2D eigenvalue weighted by molar-refractivity contribution is -0.683. The molecule has 0 fully saturated rings. The van der Waals surface area contributed by atoms with Crippen LogP contribution < -0.4 is 14.6 Å². The lowest BCUT2D eigenvalue weighted by atomic mass is 9.85. The Labute approximate surface area is 228 Å². The summed E-state index contributed by atoms with van der Waals surface area (Å²) in [6.07, 6.45) is 12.3. The summed E-state index contributed by atoms with van der Waals surface area (Å²) in [5, 5.41) is 3.08. The Hall–Kier alpha value is -2.66. The second kappa shape index (κ2) is 14.3. The summed E-state index contributed by atoms with van der Waals surface area (Å²) in [5.41, 5.74) is 5.76. The first kappa shape index (κ1) is 28.9. The van der Waals surface area contributed by atoms with Gasteiger partial charge in [-0.05, 0) is 48.6 Å². The van der Waals surface area contributed by atoms with Gasteiger partial charge in [0.1, 0.15) is 5.75 Å². The average Bonchev–Trinajstić information content (AvgIpc) is 3.26. The van der Waals surface area contributed by atoms with Crippen LogP contribution in [0.2, 0.25) is 0 Å². The van der Waals surface area contributed by atoms with E-state index < -0.39 is 0 Å². The second-order valence-electron chi connectivity index (χ2n) is 11.1. The molecule has 3 rings (SSSR count). The van der Waals surface area contributed by atoms with Gasteiger partial charge in [-0.25, -0.2) is 0 Å². The van der Waals surface area contributed by atoms with Crippen molar-refractivity contribution in [3.05, 3.63) is 75.7 Å². The van der Waals surface area contributed by atoms with E-state index >= 15 is 0 Å². The number of rotatable bonds is 14.